The molecule has 3 rings (SSSR count). The van der Waals surface area contributed by atoms with E-state index in [1.54, 1.807) is 6.20 Å². The van der Waals surface area contributed by atoms with Crippen molar-refractivity contribution in [1.82, 2.24) is 9.97 Å². The quantitative estimate of drug-likeness (QED) is 0.307. The zero-order chi connectivity index (χ0) is 14.9. The Labute approximate surface area is 145 Å². The fourth-order valence-electron chi connectivity index (χ4n) is 1.79. The summed E-state index contributed by atoms with van der Waals surface area (Å²) in [7, 11) is 0. The standard InChI is InChI=1S/C16H11N2.CHNS.Ni/c1-2-7-13(8-3-1)14-10-6-11-16(18-14)15-9-4-5-12-17-15;2-1-3;/h1-7,9-12H;3H;/q-1;;+2/p-1. The number of thiocyanates is 1. The van der Waals surface area contributed by atoms with Crippen molar-refractivity contribution in [1.29, 1.82) is 5.26 Å². The molecule has 0 radical (unpaired) electrons. The van der Waals surface area contributed by atoms with E-state index < -0.39 is 0 Å². The Hall–Kier alpha value is -2.28. The molecule has 0 fully saturated rings. The van der Waals surface area contributed by atoms with Gasteiger partial charge in [-0.3, -0.25) is 9.97 Å². The van der Waals surface area contributed by atoms with E-state index >= 15 is 0 Å². The van der Waals surface area contributed by atoms with Gasteiger partial charge in [-0.15, -0.1) is 35.9 Å². The first-order valence-corrected chi connectivity index (χ1v) is 6.63. The second kappa shape index (κ2) is 9.62. The molecular weight excluding hydrogens is 337 g/mol. The van der Waals surface area contributed by atoms with Gasteiger partial charge in [-0.1, -0.05) is 23.6 Å². The van der Waals surface area contributed by atoms with Gasteiger partial charge in [0.1, 0.15) is 0 Å². The molecule has 22 heavy (non-hydrogen) atoms. The van der Waals surface area contributed by atoms with Gasteiger partial charge in [-0.05, 0) is 23.9 Å². The number of rotatable bonds is 2. The number of hydrogen-bond acceptors (Lipinski definition) is 4. The maximum absolute atomic E-state index is 7.13. The summed E-state index contributed by atoms with van der Waals surface area (Å²) in [6.07, 6.45) is 1.78. The molecule has 0 saturated heterocycles. The second-order valence-corrected chi connectivity index (χ2v) is 4.17. The van der Waals surface area contributed by atoms with E-state index in [1.807, 2.05) is 60.7 Å². The van der Waals surface area contributed by atoms with Crippen LogP contribution in [0.2, 0.25) is 0 Å². The molecule has 1 aromatic carbocycles. The van der Waals surface area contributed by atoms with Gasteiger partial charge in [-0.25, -0.2) is 5.26 Å². The number of hydrogen-bond donors (Lipinski definition) is 0. The SMILES string of the molecule is N#C[S-].[Ni+2].[c-]1ccccc1-c1cccc(-c2ccccn2)n1. The molecule has 0 aliphatic heterocycles. The van der Waals surface area contributed by atoms with Crippen LogP contribution in [-0.4, -0.2) is 9.97 Å². The molecular formula is C17H11N3NiS. The van der Waals surface area contributed by atoms with Crippen LogP contribution in [0, 0.1) is 16.7 Å². The Morgan fingerprint density at radius 1 is 0.909 bits per heavy atom. The van der Waals surface area contributed by atoms with Crippen LogP contribution in [0.25, 0.3) is 22.6 Å². The van der Waals surface area contributed by atoms with Crippen molar-refractivity contribution in [3.05, 3.63) is 72.9 Å². The van der Waals surface area contributed by atoms with Gasteiger partial charge in [0.15, 0.2) is 0 Å². The largest absolute Gasteiger partial charge is 2.00 e. The van der Waals surface area contributed by atoms with Gasteiger partial charge in [0.2, 0.25) is 0 Å². The monoisotopic (exact) mass is 347 g/mol. The molecule has 0 amide bonds. The molecule has 0 bridgehead atoms. The molecule has 0 unspecified atom stereocenters. The number of benzene rings is 1. The Balaban J connectivity index is 0.000000562. The van der Waals surface area contributed by atoms with E-state index in [2.05, 4.69) is 28.7 Å². The van der Waals surface area contributed by atoms with E-state index in [0.717, 1.165) is 22.6 Å². The smallest absolute Gasteiger partial charge is 0.696 e. The third kappa shape index (κ3) is 4.93. The summed E-state index contributed by atoms with van der Waals surface area (Å²) in [6, 6.07) is 22.8. The third-order valence-electron chi connectivity index (χ3n) is 2.66. The minimum atomic E-state index is 0. The van der Waals surface area contributed by atoms with Crippen LogP contribution in [0.15, 0.2) is 66.9 Å². The number of pyridine rings is 2. The van der Waals surface area contributed by atoms with Crippen molar-refractivity contribution in [3.63, 3.8) is 0 Å². The van der Waals surface area contributed by atoms with Crippen molar-refractivity contribution in [2.45, 2.75) is 0 Å². The van der Waals surface area contributed by atoms with E-state index in [-0.39, 0.29) is 16.5 Å². The molecule has 3 nitrogen and oxygen atoms in total. The first-order valence-electron chi connectivity index (χ1n) is 6.22. The Morgan fingerprint density at radius 2 is 1.59 bits per heavy atom. The summed E-state index contributed by atoms with van der Waals surface area (Å²) in [5.74, 6) is 0. The van der Waals surface area contributed by atoms with E-state index in [0.29, 0.717) is 0 Å². The molecule has 2 heterocycles. The first-order chi connectivity index (χ1) is 10.3. The molecule has 110 valence electrons. The Kier molecular flexibility index (Phi) is 7.77. The molecule has 0 aliphatic rings. The summed E-state index contributed by atoms with van der Waals surface area (Å²) in [4.78, 5) is 8.93. The summed E-state index contributed by atoms with van der Waals surface area (Å²) in [5.41, 5.74) is 3.68. The van der Waals surface area contributed by atoms with Gasteiger partial charge in [-0.2, -0.15) is 0 Å². The topological polar surface area (TPSA) is 49.6 Å². The maximum atomic E-state index is 7.13. The molecule has 3 aromatic rings. The summed E-state index contributed by atoms with van der Waals surface area (Å²) in [5, 5.41) is 8.47. The minimum Gasteiger partial charge on any atom is -0.696 e. The predicted molar refractivity (Wildman–Crippen MR) is 84.7 cm³/mol. The van der Waals surface area contributed by atoms with Crippen molar-refractivity contribution in [2.24, 2.45) is 0 Å². The Bertz CT molecular complexity index is 673. The predicted octanol–water partition coefficient (Wildman–Crippen LogP) is 3.62. The van der Waals surface area contributed by atoms with Crippen LogP contribution in [0.4, 0.5) is 0 Å². The third-order valence-corrected chi connectivity index (χ3v) is 2.66. The van der Waals surface area contributed by atoms with Gasteiger partial charge in [0, 0.05) is 6.20 Å². The summed E-state index contributed by atoms with van der Waals surface area (Å²) >= 11 is 3.70. The molecule has 0 aliphatic carbocycles. The number of aromatic nitrogens is 2. The van der Waals surface area contributed by atoms with Crippen molar-refractivity contribution < 1.29 is 16.5 Å². The molecule has 5 heteroatoms. The second-order valence-electron chi connectivity index (χ2n) is 3.99. The maximum Gasteiger partial charge on any atom is 2.00 e. The zero-order valence-corrected chi connectivity index (χ0v) is 13.2. The van der Waals surface area contributed by atoms with Crippen molar-refractivity contribution in [3.8, 4) is 28.0 Å². The van der Waals surface area contributed by atoms with Crippen LogP contribution < -0.4 is 0 Å². The summed E-state index contributed by atoms with van der Waals surface area (Å²) < 4.78 is 0. The van der Waals surface area contributed by atoms with Crippen LogP contribution in [-0.2, 0) is 29.1 Å². The van der Waals surface area contributed by atoms with E-state index in [1.165, 1.54) is 5.40 Å². The van der Waals surface area contributed by atoms with E-state index in [9.17, 15) is 0 Å². The summed E-state index contributed by atoms with van der Waals surface area (Å²) in [6.45, 7) is 0. The van der Waals surface area contributed by atoms with Gasteiger partial charge >= 0.3 is 16.5 Å². The van der Waals surface area contributed by atoms with Crippen LogP contribution in [0.1, 0.15) is 0 Å². The van der Waals surface area contributed by atoms with Crippen LogP contribution >= 0.6 is 0 Å². The van der Waals surface area contributed by atoms with Gasteiger partial charge in [0.25, 0.3) is 0 Å². The Morgan fingerprint density at radius 3 is 2.23 bits per heavy atom. The fourth-order valence-corrected chi connectivity index (χ4v) is 1.79. The molecule has 0 atom stereocenters. The zero-order valence-electron chi connectivity index (χ0n) is 11.4. The van der Waals surface area contributed by atoms with Crippen LogP contribution in [0.5, 0.6) is 0 Å². The average molecular weight is 348 g/mol. The average Bonchev–Trinajstić information content (AvgIpc) is 2.57. The van der Waals surface area contributed by atoms with Crippen molar-refractivity contribution >= 4 is 12.6 Å². The normalized spacial score (nSPS) is 8.68. The van der Waals surface area contributed by atoms with Gasteiger partial charge in [0.05, 0.1) is 11.4 Å². The molecule has 0 N–H and O–H groups in total. The minimum absolute atomic E-state index is 0. The van der Waals surface area contributed by atoms with Gasteiger partial charge < -0.3 is 12.6 Å². The van der Waals surface area contributed by atoms with E-state index in [4.69, 9.17) is 5.26 Å². The molecule has 0 spiro atoms. The fraction of sp³-hybridized carbons (Fsp3) is 0. The molecule has 2 aromatic heterocycles. The number of nitrogens with zero attached hydrogens (tertiary/aromatic N) is 3. The first kappa shape index (κ1) is 17.8. The number of nitriles is 1. The molecule has 0 saturated carbocycles. The van der Waals surface area contributed by atoms with Crippen LogP contribution in [0.3, 0.4) is 0 Å². The van der Waals surface area contributed by atoms with Crippen molar-refractivity contribution in [2.75, 3.05) is 0 Å².